The van der Waals surface area contributed by atoms with Crippen LogP contribution in [0.3, 0.4) is 0 Å². The molecule has 2 aliphatic heterocycles. The fourth-order valence-corrected chi connectivity index (χ4v) is 24.9. The number of hydrogen-bond donors (Lipinski definition) is 2. The van der Waals surface area contributed by atoms with E-state index in [9.17, 15) is 15.0 Å². The fourth-order valence-electron chi connectivity index (χ4n) is 15.4. The van der Waals surface area contributed by atoms with Gasteiger partial charge in [0.1, 0.15) is 18.3 Å². The van der Waals surface area contributed by atoms with Crippen LogP contribution < -0.4 is 63.7 Å². The summed E-state index contributed by atoms with van der Waals surface area (Å²) in [5, 5.41) is 45.1. The Balaban J connectivity index is 0.000000144. The summed E-state index contributed by atoms with van der Waals surface area (Å²) >= 11 is 3.38. The largest absolute Gasteiger partial charge is 0.490 e. The maximum Gasteiger partial charge on any atom is 0.490 e. The number of amides is 1. The van der Waals surface area contributed by atoms with Gasteiger partial charge in [0.2, 0.25) is 0 Å². The van der Waals surface area contributed by atoms with Crippen LogP contribution in [0.2, 0.25) is 0 Å². The molecular formula is C118H125BBrN7O6P4Pd. The van der Waals surface area contributed by atoms with Crippen LogP contribution in [0, 0.1) is 0 Å². The van der Waals surface area contributed by atoms with Crippen molar-refractivity contribution in [3.63, 3.8) is 0 Å². The van der Waals surface area contributed by atoms with Crippen molar-refractivity contribution >= 4 is 130 Å². The zero-order chi connectivity index (χ0) is 96.5. The minimum Gasteiger partial charge on any atom is -0.444 e. The van der Waals surface area contributed by atoms with Crippen LogP contribution >= 0.6 is 47.6 Å². The van der Waals surface area contributed by atoms with Crippen molar-refractivity contribution in [1.29, 1.82) is 0 Å². The summed E-state index contributed by atoms with van der Waals surface area (Å²) < 4.78 is 21.9. The first-order valence-electron chi connectivity index (χ1n) is 46.8. The predicted molar refractivity (Wildman–Crippen MR) is 585 cm³/mol. The molecule has 1 aliphatic carbocycles. The molecule has 138 heavy (non-hydrogen) atoms. The van der Waals surface area contributed by atoms with Gasteiger partial charge >= 0.3 is 13.2 Å². The number of aromatic nitrogens is 6. The normalized spacial score (nSPS) is 13.6. The van der Waals surface area contributed by atoms with E-state index in [0.717, 1.165) is 27.5 Å². The number of carbonyl (C=O) groups excluding carboxylic acids is 1. The van der Waals surface area contributed by atoms with Gasteiger partial charge in [0, 0.05) is 49.1 Å². The molecule has 0 spiro atoms. The topological polar surface area (TPSA) is 150 Å². The van der Waals surface area contributed by atoms with Gasteiger partial charge in [-0.3, -0.25) is 0 Å². The molecule has 19 rings (SSSR count). The Kier molecular flexibility index (Phi) is 40.0. The molecule has 0 unspecified atom stereocenters. The Bertz CT molecular complexity index is 5460. The third-order valence-corrected chi connectivity index (χ3v) is 33.0. The number of carbonyl (C=O) groups is 1. The van der Waals surface area contributed by atoms with Crippen LogP contribution in [0.1, 0.15) is 114 Å². The molecule has 13 nitrogen and oxygen atoms in total. The summed E-state index contributed by atoms with van der Waals surface area (Å²) in [7, 11) is -2.10. The summed E-state index contributed by atoms with van der Waals surface area (Å²) in [6.45, 7) is 22.9. The molecule has 4 heterocycles. The molecule has 2 aromatic heterocycles. The smallest absolute Gasteiger partial charge is 0.444 e. The van der Waals surface area contributed by atoms with Crippen molar-refractivity contribution in [2.45, 2.75) is 149 Å². The van der Waals surface area contributed by atoms with Gasteiger partial charge in [-0.05, 0) is 232 Å². The summed E-state index contributed by atoms with van der Waals surface area (Å²) in [5.41, 5.74) is 3.13. The van der Waals surface area contributed by atoms with E-state index in [0.29, 0.717) is 37.8 Å². The minimum atomic E-state index is -0.789. The Morgan fingerprint density at radius 1 is 0.370 bits per heavy atom. The van der Waals surface area contributed by atoms with Crippen molar-refractivity contribution in [3.05, 3.63) is 453 Å². The number of allylic oxidation sites excluding steroid dienone is 2. The second-order valence-corrected chi connectivity index (χ2v) is 46.4. The number of ether oxygens (including phenoxy) is 1. The minimum absolute atomic E-state index is 0. The summed E-state index contributed by atoms with van der Waals surface area (Å²) in [4.78, 5) is 22.3. The van der Waals surface area contributed by atoms with Gasteiger partial charge in [0.05, 0.1) is 35.5 Å². The molecule has 0 bridgehead atoms. The van der Waals surface area contributed by atoms with Crippen molar-refractivity contribution < 1.29 is 49.5 Å². The third-order valence-electron chi connectivity index (χ3n) is 22.7. The zero-order valence-corrected chi connectivity index (χ0v) is 87.4. The standard InChI is InChI=1S/C18H23N3O.4C18H15P.C16H28BNO4.C12H14BrN3O.Pd/c1-18(2,22)12-21-13-19-17(20-21)16-10-8-15(9-11-16)14-6-4-3-5-7-14;4*1-4-10-16(11-5-1)19(17-12-6-2-7-13-17)18-14-8-3-9-15-18;1-14(2,3)20-13(19)18-10-8-12(9-11-18)17-21-15(4,5)16(6,7)22-17;1-12(2,17)7-16-8-14-11(15-16)9-3-5-10(13)6-4-9;/h6,8-11,13,22H,3-5,7,12H2,1-2H3;4*1-15H;8H,9-11H2,1-7H3;3-6,8,17H,7H2,1-2H3;. The summed E-state index contributed by atoms with van der Waals surface area (Å²) in [5.74, 6) is 1.37. The number of rotatable bonds is 20. The SMILES string of the molecule is CC(C)(C)OC(=O)N1CC=C(B2OC(C)(C)C(C)(C)O2)CC1.CC(C)(O)Cn1cnc(-c2ccc(Br)cc2)n1.CC(C)(O)Cn1cnc(-c2ccc(C3=CCCCC3)cc2)n1.[Pd].c1ccc(P(c2ccccc2)c2ccccc2)cc1.c1ccc(P(c2ccccc2)c2ccccc2)cc1.c1ccc(P(c2ccccc2)c2ccccc2)cc1.c1ccc(P(c2ccccc2)c2ccccc2)cc1. The molecule has 0 radical (unpaired) electrons. The van der Waals surface area contributed by atoms with Gasteiger partial charge < -0.3 is 29.2 Å². The first-order valence-corrected chi connectivity index (χ1v) is 53.0. The van der Waals surface area contributed by atoms with Gasteiger partial charge in [-0.15, -0.1) is 0 Å². The van der Waals surface area contributed by atoms with Crippen molar-refractivity contribution in [3.8, 4) is 22.8 Å². The Labute approximate surface area is 845 Å². The van der Waals surface area contributed by atoms with E-state index in [1.54, 1.807) is 54.6 Å². The molecule has 3 aliphatic rings. The molecule has 708 valence electrons. The van der Waals surface area contributed by atoms with Crippen molar-refractivity contribution in [1.82, 2.24) is 34.4 Å². The van der Waals surface area contributed by atoms with Gasteiger partial charge in [-0.25, -0.2) is 24.1 Å². The average Bonchev–Trinajstić information content (AvgIpc) is 1.62. The third kappa shape index (κ3) is 32.5. The predicted octanol–water partition coefficient (Wildman–Crippen LogP) is 23.1. The maximum atomic E-state index is 12.1. The number of aliphatic hydroxyl groups is 2. The van der Waals surface area contributed by atoms with Crippen molar-refractivity contribution in [2.24, 2.45) is 0 Å². The fraction of sp³-hybridized carbons (Fsp3) is 0.212. The molecule has 1 amide bonds. The number of nitrogens with zero attached hydrogens (tertiary/aromatic N) is 7. The van der Waals surface area contributed by atoms with Gasteiger partial charge in [-0.2, -0.15) is 10.2 Å². The molecule has 1 fully saturated rings. The molecule has 14 aromatic carbocycles. The first-order chi connectivity index (χ1) is 66.2. The van der Waals surface area contributed by atoms with E-state index < -0.39 is 48.5 Å². The Morgan fingerprint density at radius 2 is 0.623 bits per heavy atom. The quantitative estimate of drug-likeness (QED) is 0.0558. The molecular weight excluding hydrogens is 1930 g/mol. The van der Waals surface area contributed by atoms with Gasteiger partial charge in [0.25, 0.3) is 0 Å². The Morgan fingerprint density at radius 3 is 0.848 bits per heavy atom. The monoisotopic (exact) mass is 2060 g/mol. The first kappa shape index (κ1) is 106. The molecule has 0 saturated carbocycles. The number of benzene rings is 14. The molecule has 0 atom stereocenters. The second-order valence-electron chi connectivity index (χ2n) is 36.6. The number of halogens is 1. The summed E-state index contributed by atoms with van der Waals surface area (Å²) in [6, 6.07) is 146. The van der Waals surface area contributed by atoms with Gasteiger partial charge in [0.15, 0.2) is 11.6 Å². The van der Waals surface area contributed by atoms with Crippen LogP contribution in [-0.4, -0.2) is 98.9 Å². The zero-order valence-electron chi connectivity index (χ0n) is 80.7. The van der Waals surface area contributed by atoms with E-state index in [4.69, 9.17) is 14.0 Å². The Hall–Kier alpha value is -11.1. The molecule has 16 aromatic rings. The van der Waals surface area contributed by atoms with E-state index in [1.165, 1.54) is 100 Å². The maximum absolute atomic E-state index is 12.1. The molecule has 2 N–H and O–H groups in total. The molecule has 1 saturated heterocycles. The number of hydrogen-bond acceptors (Lipinski definition) is 10. The van der Waals surface area contributed by atoms with Crippen LogP contribution in [0.25, 0.3) is 28.3 Å². The van der Waals surface area contributed by atoms with E-state index in [1.807, 2.05) is 78.8 Å². The van der Waals surface area contributed by atoms with Crippen LogP contribution in [0.4, 0.5) is 4.79 Å². The van der Waals surface area contributed by atoms with Crippen LogP contribution in [-0.2, 0) is 47.6 Å². The van der Waals surface area contributed by atoms with E-state index in [2.05, 4.69) is 430 Å². The summed E-state index contributed by atoms with van der Waals surface area (Å²) in [6.07, 6.45) is 13.1. The second kappa shape index (κ2) is 52.2. The van der Waals surface area contributed by atoms with Crippen LogP contribution in [0.5, 0.6) is 0 Å². The van der Waals surface area contributed by atoms with Crippen molar-refractivity contribution in [2.75, 3.05) is 13.1 Å². The van der Waals surface area contributed by atoms with Gasteiger partial charge in [-0.1, -0.05) is 428 Å². The average molecular weight is 2060 g/mol. The van der Waals surface area contributed by atoms with E-state index in [-0.39, 0.29) is 44.8 Å². The van der Waals surface area contributed by atoms with Crippen LogP contribution in [0.15, 0.2) is 447 Å². The van der Waals surface area contributed by atoms with E-state index >= 15 is 0 Å². The molecule has 20 heteroatoms.